The van der Waals surface area contributed by atoms with Crippen LogP contribution in [0, 0.1) is 12.8 Å². The summed E-state index contributed by atoms with van der Waals surface area (Å²) in [4.78, 5) is 17.4. The molecule has 0 saturated carbocycles. The maximum Gasteiger partial charge on any atom is 0.254 e. The van der Waals surface area contributed by atoms with Gasteiger partial charge in [0.15, 0.2) is 5.65 Å². The summed E-state index contributed by atoms with van der Waals surface area (Å²) in [7, 11) is 0. The van der Waals surface area contributed by atoms with Crippen molar-refractivity contribution >= 4 is 11.6 Å². The first-order valence-electron chi connectivity index (χ1n) is 9.17. The smallest absolute Gasteiger partial charge is 0.254 e. The molecule has 26 heavy (non-hydrogen) atoms. The number of fused-ring (bicyclic) bond motifs is 1. The standard InChI is InChI=1S/C21H26N4O/c1-6-18-17(21(26)23-14(4)13(2)3)12-22-20-19(15(5)24-25(18)20)16-10-8-7-9-11-16/h7-14H,6H2,1-5H3,(H,23,26). The number of aryl methyl sites for hydroxylation is 2. The summed E-state index contributed by atoms with van der Waals surface area (Å²) in [5, 5.41) is 7.76. The van der Waals surface area contributed by atoms with Gasteiger partial charge in [-0.1, -0.05) is 51.1 Å². The van der Waals surface area contributed by atoms with Gasteiger partial charge in [-0.25, -0.2) is 9.50 Å². The topological polar surface area (TPSA) is 59.3 Å². The first-order valence-corrected chi connectivity index (χ1v) is 9.17. The number of nitrogens with one attached hydrogen (secondary N) is 1. The van der Waals surface area contributed by atoms with Crippen molar-refractivity contribution in [2.24, 2.45) is 5.92 Å². The zero-order valence-corrected chi connectivity index (χ0v) is 16.1. The fraction of sp³-hybridized carbons (Fsp3) is 0.381. The summed E-state index contributed by atoms with van der Waals surface area (Å²) >= 11 is 0. The molecule has 0 radical (unpaired) electrons. The highest BCUT2D eigenvalue weighted by atomic mass is 16.1. The number of nitrogens with zero attached hydrogens (tertiary/aromatic N) is 3. The van der Waals surface area contributed by atoms with E-state index in [9.17, 15) is 4.79 Å². The van der Waals surface area contributed by atoms with Crippen molar-refractivity contribution in [2.45, 2.75) is 47.1 Å². The Morgan fingerprint density at radius 1 is 1.19 bits per heavy atom. The fourth-order valence-electron chi connectivity index (χ4n) is 3.06. The molecule has 1 N–H and O–H groups in total. The van der Waals surface area contributed by atoms with Crippen molar-refractivity contribution < 1.29 is 4.79 Å². The first kappa shape index (κ1) is 18.1. The molecule has 1 aromatic carbocycles. The van der Waals surface area contributed by atoms with E-state index in [1.165, 1.54) is 0 Å². The molecule has 0 spiro atoms. The minimum atomic E-state index is -0.0909. The second-order valence-corrected chi connectivity index (χ2v) is 7.04. The van der Waals surface area contributed by atoms with Gasteiger partial charge in [0, 0.05) is 17.8 Å². The Morgan fingerprint density at radius 2 is 1.88 bits per heavy atom. The Kier molecular flexibility index (Phi) is 5.07. The van der Waals surface area contributed by atoms with Crippen LogP contribution in [0.2, 0.25) is 0 Å². The summed E-state index contributed by atoms with van der Waals surface area (Å²) in [6.45, 7) is 10.2. The molecule has 3 rings (SSSR count). The number of benzene rings is 1. The van der Waals surface area contributed by atoms with Crippen LogP contribution in [0.1, 0.15) is 49.4 Å². The predicted octanol–water partition coefficient (Wildman–Crippen LogP) is 4.04. The largest absolute Gasteiger partial charge is 0.349 e. The zero-order valence-electron chi connectivity index (χ0n) is 16.1. The molecule has 5 nitrogen and oxygen atoms in total. The van der Waals surface area contributed by atoms with Crippen LogP contribution in [0.25, 0.3) is 16.8 Å². The lowest BCUT2D eigenvalue weighted by Crippen LogP contribution is -2.37. The van der Waals surface area contributed by atoms with Crippen LogP contribution in [-0.2, 0) is 6.42 Å². The van der Waals surface area contributed by atoms with Crippen LogP contribution in [0.5, 0.6) is 0 Å². The number of amides is 1. The molecule has 0 bridgehead atoms. The normalized spacial score (nSPS) is 12.5. The Labute approximate surface area is 154 Å². The maximum atomic E-state index is 12.8. The molecular formula is C21H26N4O. The van der Waals surface area contributed by atoms with Gasteiger partial charge in [0.25, 0.3) is 5.91 Å². The van der Waals surface area contributed by atoms with Gasteiger partial charge in [-0.15, -0.1) is 0 Å². The molecule has 0 aliphatic carbocycles. The van der Waals surface area contributed by atoms with Crippen LogP contribution in [0.3, 0.4) is 0 Å². The zero-order chi connectivity index (χ0) is 18.8. The van der Waals surface area contributed by atoms with E-state index in [0.29, 0.717) is 17.9 Å². The van der Waals surface area contributed by atoms with Crippen molar-refractivity contribution in [3.8, 4) is 11.1 Å². The summed E-state index contributed by atoms with van der Waals surface area (Å²) < 4.78 is 1.83. The lowest BCUT2D eigenvalue weighted by atomic mass is 10.1. The van der Waals surface area contributed by atoms with Gasteiger partial charge >= 0.3 is 0 Å². The maximum absolute atomic E-state index is 12.8. The van der Waals surface area contributed by atoms with E-state index in [1.807, 2.05) is 43.5 Å². The fourth-order valence-corrected chi connectivity index (χ4v) is 3.06. The molecule has 1 unspecified atom stereocenters. The average Bonchev–Trinajstić information content (AvgIpc) is 2.97. The number of rotatable bonds is 5. The lowest BCUT2D eigenvalue weighted by Gasteiger charge is -2.18. The third-order valence-corrected chi connectivity index (χ3v) is 4.92. The predicted molar refractivity (Wildman–Crippen MR) is 104 cm³/mol. The van der Waals surface area contributed by atoms with Crippen LogP contribution in [0.4, 0.5) is 0 Å². The number of carbonyl (C=O) groups is 1. The summed E-state index contributed by atoms with van der Waals surface area (Å²) in [6.07, 6.45) is 2.39. The molecule has 1 amide bonds. The summed E-state index contributed by atoms with van der Waals surface area (Å²) in [6, 6.07) is 10.2. The molecule has 0 fully saturated rings. The van der Waals surface area contributed by atoms with E-state index in [2.05, 4.69) is 36.3 Å². The Hall–Kier alpha value is -2.69. The van der Waals surface area contributed by atoms with Gasteiger partial charge in [0.2, 0.25) is 0 Å². The number of carbonyl (C=O) groups excluding carboxylic acids is 1. The monoisotopic (exact) mass is 350 g/mol. The van der Waals surface area contributed by atoms with Crippen LogP contribution >= 0.6 is 0 Å². The molecule has 5 heteroatoms. The van der Waals surface area contributed by atoms with E-state index in [4.69, 9.17) is 5.10 Å². The molecular weight excluding hydrogens is 324 g/mol. The van der Waals surface area contributed by atoms with Gasteiger partial charge < -0.3 is 5.32 Å². The number of aromatic nitrogens is 3. The third-order valence-electron chi connectivity index (χ3n) is 4.92. The van der Waals surface area contributed by atoms with Crippen molar-refractivity contribution in [1.29, 1.82) is 0 Å². The van der Waals surface area contributed by atoms with Gasteiger partial charge in [0.05, 0.1) is 17.0 Å². The highest BCUT2D eigenvalue weighted by Crippen LogP contribution is 2.28. The molecule has 0 saturated heterocycles. The average molecular weight is 350 g/mol. The highest BCUT2D eigenvalue weighted by molar-refractivity contribution is 5.96. The second kappa shape index (κ2) is 7.28. The molecule has 1 atom stereocenters. The van der Waals surface area contributed by atoms with E-state index in [-0.39, 0.29) is 11.9 Å². The second-order valence-electron chi connectivity index (χ2n) is 7.04. The van der Waals surface area contributed by atoms with Crippen LogP contribution in [0.15, 0.2) is 36.5 Å². The quantitative estimate of drug-likeness (QED) is 0.755. The van der Waals surface area contributed by atoms with Crippen molar-refractivity contribution in [3.05, 3.63) is 53.5 Å². The molecule has 3 aromatic rings. The summed E-state index contributed by atoms with van der Waals surface area (Å²) in [5.74, 6) is 0.282. The number of hydrogen-bond donors (Lipinski definition) is 1. The van der Waals surface area contributed by atoms with Gasteiger partial charge in [-0.05, 0) is 31.7 Å². The minimum absolute atomic E-state index is 0.0909. The van der Waals surface area contributed by atoms with E-state index >= 15 is 0 Å². The first-order chi connectivity index (χ1) is 12.4. The Bertz CT molecular complexity index is 928. The van der Waals surface area contributed by atoms with E-state index < -0.39 is 0 Å². The van der Waals surface area contributed by atoms with Gasteiger partial charge in [-0.3, -0.25) is 4.79 Å². The SMILES string of the molecule is CCc1c(C(=O)NC(C)C(C)C)cnc2c(-c3ccccc3)c(C)nn12. The van der Waals surface area contributed by atoms with Crippen LogP contribution < -0.4 is 5.32 Å². The molecule has 2 aromatic heterocycles. The van der Waals surface area contributed by atoms with Crippen molar-refractivity contribution in [2.75, 3.05) is 0 Å². The molecule has 0 aliphatic rings. The Morgan fingerprint density at radius 3 is 2.50 bits per heavy atom. The van der Waals surface area contributed by atoms with Crippen molar-refractivity contribution in [3.63, 3.8) is 0 Å². The van der Waals surface area contributed by atoms with Gasteiger partial charge in [0.1, 0.15) is 0 Å². The van der Waals surface area contributed by atoms with Crippen LogP contribution in [-0.4, -0.2) is 26.5 Å². The summed E-state index contributed by atoms with van der Waals surface area (Å²) in [5.41, 5.74) is 5.27. The molecule has 136 valence electrons. The molecule has 0 aliphatic heterocycles. The minimum Gasteiger partial charge on any atom is -0.349 e. The molecule has 2 heterocycles. The third kappa shape index (κ3) is 3.21. The number of hydrogen-bond acceptors (Lipinski definition) is 3. The Balaban J connectivity index is 2.11. The van der Waals surface area contributed by atoms with E-state index in [0.717, 1.165) is 28.2 Å². The van der Waals surface area contributed by atoms with E-state index in [1.54, 1.807) is 6.20 Å². The van der Waals surface area contributed by atoms with Crippen molar-refractivity contribution in [1.82, 2.24) is 19.9 Å². The highest BCUT2D eigenvalue weighted by Gasteiger charge is 2.21. The lowest BCUT2D eigenvalue weighted by molar-refractivity contribution is 0.0928. The van der Waals surface area contributed by atoms with Gasteiger partial charge in [-0.2, -0.15) is 5.10 Å².